The Labute approximate surface area is 122 Å². The van der Waals surface area contributed by atoms with Gasteiger partial charge in [-0.25, -0.2) is 0 Å². The first-order valence-electron chi connectivity index (χ1n) is 7.45. The second-order valence-corrected chi connectivity index (χ2v) is 7.24. The molecular weight excluding hydrogens is 248 g/mol. The van der Waals surface area contributed by atoms with E-state index in [4.69, 9.17) is 10.6 Å². The van der Waals surface area contributed by atoms with Gasteiger partial charge in [-0.1, -0.05) is 29.8 Å². The fourth-order valence-corrected chi connectivity index (χ4v) is 3.53. The predicted molar refractivity (Wildman–Crippen MR) is 83.3 cm³/mol. The molecule has 3 N–H and O–H groups in total. The van der Waals surface area contributed by atoms with E-state index in [1.165, 1.54) is 11.1 Å². The zero-order valence-electron chi connectivity index (χ0n) is 13.4. The minimum atomic E-state index is -0.148. The minimum absolute atomic E-state index is 0.0729. The van der Waals surface area contributed by atoms with Crippen molar-refractivity contribution >= 4 is 0 Å². The standard InChI is InChI=1S/C17H28N2O/c1-12-6-8-13(9-7-12)10-15(19-18)14-11-16(2,3)20-17(14,4)5/h6-9,14-15,19H,10-11,18H2,1-5H3. The molecule has 1 heterocycles. The molecule has 1 aromatic carbocycles. The molecule has 0 aliphatic carbocycles. The van der Waals surface area contributed by atoms with Crippen molar-refractivity contribution in [2.75, 3.05) is 0 Å². The summed E-state index contributed by atoms with van der Waals surface area (Å²) in [6.45, 7) is 10.8. The Hall–Kier alpha value is -0.900. The maximum absolute atomic E-state index is 6.19. The van der Waals surface area contributed by atoms with Gasteiger partial charge in [0.05, 0.1) is 11.2 Å². The molecule has 3 nitrogen and oxygen atoms in total. The number of hydrazine groups is 1. The van der Waals surface area contributed by atoms with Crippen LogP contribution in [0.5, 0.6) is 0 Å². The number of benzene rings is 1. The van der Waals surface area contributed by atoms with E-state index in [-0.39, 0.29) is 17.2 Å². The molecule has 0 aromatic heterocycles. The summed E-state index contributed by atoms with van der Waals surface area (Å²) < 4.78 is 6.19. The monoisotopic (exact) mass is 276 g/mol. The molecule has 0 bridgehead atoms. The molecule has 0 radical (unpaired) electrons. The van der Waals surface area contributed by atoms with Crippen LogP contribution in [-0.2, 0) is 11.2 Å². The first-order chi connectivity index (χ1) is 9.23. The van der Waals surface area contributed by atoms with E-state index in [1.54, 1.807) is 0 Å². The quantitative estimate of drug-likeness (QED) is 0.656. The molecule has 112 valence electrons. The molecule has 1 saturated heterocycles. The highest BCUT2D eigenvalue weighted by Crippen LogP contribution is 2.43. The van der Waals surface area contributed by atoms with Gasteiger partial charge in [0.25, 0.3) is 0 Å². The van der Waals surface area contributed by atoms with Crippen molar-refractivity contribution in [3.8, 4) is 0 Å². The molecule has 0 amide bonds. The van der Waals surface area contributed by atoms with Gasteiger partial charge in [-0.2, -0.15) is 0 Å². The summed E-state index contributed by atoms with van der Waals surface area (Å²) >= 11 is 0. The van der Waals surface area contributed by atoms with Crippen molar-refractivity contribution in [2.45, 2.75) is 64.7 Å². The Balaban J connectivity index is 2.14. The third-order valence-electron chi connectivity index (χ3n) is 4.42. The Morgan fingerprint density at radius 2 is 1.85 bits per heavy atom. The van der Waals surface area contributed by atoms with Crippen LogP contribution < -0.4 is 11.3 Å². The van der Waals surface area contributed by atoms with Gasteiger partial charge in [-0.3, -0.25) is 11.3 Å². The number of ether oxygens (including phenoxy) is 1. The lowest BCUT2D eigenvalue weighted by Gasteiger charge is -2.32. The molecule has 3 heteroatoms. The van der Waals surface area contributed by atoms with Gasteiger partial charge in [0.1, 0.15) is 0 Å². The summed E-state index contributed by atoms with van der Waals surface area (Å²) in [5, 5.41) is 0. The van der Waals surface area contributed by atoms with Crippen LogP contribution in [0.2, 0.25) is 0 Å². The Bertz CT molecular complexity index is 451. The van der Waals surface area contributed by atoms with Crippen LogP contribution in [-0.4, -0.2) is 17.2 Å². The summed E-state index contributed by atoms with van der Waals surface area (Å²) in [7, 11) is 0. The summed E-state index contributed by atoms with van der Waals surface area (Å²) in [6, 6.07) is 8.92. The zero-order valence-corrected chi connectivity index (χ0v) is 13.4. The molecular formula is C17H28N2O. The SMILES string of the molecule is Cc1ccc(CC(NN)C2CC(C)(C)OC2(C)C)cc1. The van der Waals surface area contributed by atoms with E-state index in [9.17, 15) is 0 Å². The summed E-state index contributed by atoms with van der Waals surface area (Å²) in [5.74, 6) is 6.24. The number of hydrogen-bond donors (Lipinski definition) is 2. The first-order valence-corrected chi connectivity index (χ1v) is 7.45. The van der Waals surface area contributed by atoms with Crippen LogP contribution in [0.4, 0.5) is 0 Å². The number of aryl methyl sites for hydroxylation is 1. The van der Waals surface area contributed by atoms with Gasteiger partial charge in [0.2, 0.25) is 0 Å². The van der Waals surface area contributed by atoms with Crippen LogP contribution in [0.15, 0.2) is 24.3 Å². The van der Waals surface area contributed by atoms with E-state index >= 15 is 0 Å². The summed E-state index contributed by atoms with van der Waals surface area (Å²) in [6.07, 6.45) is 1.96. The maximum atomic E-state index is 6.19. The second kappa shape index (κ2) is 5.47. The average molecular weight is 276 g/mol. The second-order valence-electron chi connectivity index (χ2n) is 7.24. The highest BCUT2D eigenvalue weighted by molar-refractivity contribution is 5.22. The van der Waals surface area contributed by atoms with E-state index in [1.807, 2.05) is 0 Å². The highest BCUT2D eigenvalue weighted by Gasteiger charge is 2.48. The van der Waals surface area contributed by atoms with E-state index in [0.717, 1.165) is 12.8 Å². The van der Waals surface area contributed by atoms with Crippen LogP contribution in [0.1, 0.15) is 45.2 Å². The van der Waals surface area contributed by atoms with Crippen LogP contribution in [0, 0.1) is 12.8 Å². The van der Waals surface area contributed by atoms with E-state index in [0.29, 0.717) is 5.92 Å². The van der Waals surface area contributed by atoms with Crippen molar-refractivity contribution in [2.24, 2.45) is 11.8 Å². The Morgan fingerprint density at radius 1 is 1.25 bits per heavy atom. The zero-order chi connectivity index (χ0) is 15.0. The number of hydrogen-bond acceptors (Lipinski definition) is 3. The number of rotatable bonds is 4. The van der Waals surface area contributed by atoms with Crippen LogP contribution in [0.3, 0.4) is 0 Å². The molecule has 2 atom stereocenters. The lowest BCUT2D eigenvalue weighted by atomic mass is 9.79. The molecule has 0 spiro atoms. The van der Waals surface area contributed by atoms with Crippen LogP contribution >= 0.6 is 0 Å². The molecule has 2 rings (SSSR count). The maximum Gasteiger partial charge on any atom is 0.0678 e. The molecule has 1 aliphatic heterocycles. The fourth-order valence-electron chi connectivity index (χ4n) is 3.53. The molecule has 1 fully saturated rings. The third kappa shape index (κ3) is 3.40. The van der Waals surface area contributed by atoms with Gasteiger partial charge in [0.15, 0.2) is 0 Å². The Morgan fingerprint density at radius 3 is 2.30 bits per heavy atom. The van der Waals surface area contributed by atoms with E-state index < -0.39 is 0 Å². The third-order valence-corrected chi connectivity index (χ3v) is 4.42. The molecule has 2 unspecified atom stereocenters. The molecule has 0 saturated carbocycles. The van der Waals surface area contributed by atoms with E-state index in [2.05, 4.69) is 64.3 Å². The largest absolute Gasteiger partial charge is 0.369 e. The van der Waals surface area contributed by atoms with Gasteiger partial charge in [-0.05, 0) is 53.0 Å². The van der Waals surface area contributed by atoms with Crippen molar-refractivity contribution in [3.63, 3.8) is 0 Å². The van der Waals surface area contributed by atoms with Gasteiger partial charge >= 0.3 is 0 Å². The van der Waals surface area contributed by atoms with Crippen molar-refractivity contribution in [3.05, 3.63) is 35.4 Å². The van der Waals surface area contributed by atoms with Crippen molar-refractivity contribution < 1.29 is 4.74 Å². The molecule has 1 aliphatic rings. The molecule has 1 aromatic rings. The lowest BCUT2D eigenvalue weighted by Crippen LogP contribution is -2.48. The smallest absolute Gasteiger partial charge is 0.0678 e. The van der Waals surface area contributed by atoms with Gasteiger partial charge in [-0.15, -0.1) is 0 Å². The summed E-state index contributed by atoms with van der Waals surface area (Å²) in [5.41, 5.74) is 5.41. The fraction of sp³-hybridized carbons (Fsp3) is 0.647. The highest BCUT2D eigenvalue weighted by atomic mass is 16.5. The van der Waals surface area contributed by atoms with Crippen LogP contribution in [0.25, 0.3) is 0 Å². The minimum Gasteiger partial charge on any atom is -0.369 e. The van der Waals surface area contributed by atoms with Crippen molar-refractivity contribution in [1.82, 2.24) is 5.43 Å². The normalized spacial score (nSPS) is 25.6. The predicted octanol–water partition coefficient (Wildman–Crippen LogP) is 2.96. The topological polar surface area (TPSA) is 47.3 Å². The Kier molecular flexibility index (Phi) is 4.24. The average Bonchev–Trinajstić information content (AvgIpc) is 2.56. The van der Waals surface area contributed by atoms with Gasteiger partial charge < -0.3 is 4.74 Å². The lowest BCUT2D eigenvalue weighted by molar-refractivity contribution is -0.0776. The molecule has 20 heavy (non-hydrogen) atoms. The van der Waals surface area contributed by atoms with Gasteiger partial charge in [0, 0.05) is 12.0 Å². The number of nitrogens with one attached hydrogen (secondary N) is 1. The number of nitrogens with two attached hydrogens (primary N) is 1. The van der Waals surface area contributed by atoms with Crippen molar-refractivity contribution in [1.29, 1.82) is 0 Å². The summed E-state index contributed by atoms with van der Waals surface area (Å²) in [4.78, 5) is 0. The first kappa shape index (κ1) is 15.5.